The molecule has 0 aromatic heterocycles. The van der Waals surface area contributed by atoms with Crippen molar-refractivity contribution in [2.45, 2.75) is 292 Å². The van der Waals surface area contributed by atoms with Gasteiger partial charge in [0.2, 0.25) is 6.10 Å². The lowest BCUT2D eigenvalue weighted by Crippen LogP contribution is -2.64. The topological polar surface area (TPSA) is 200 Å². The Bertz CT molecular complexity index is 2230. The van der Waals surface area contributed by atoms with Crippen LogP contribution in [-0.2, 0) is 61.9 Å². The Hall–Kier alpha value is -3.69. The first kappa shape index (κ1) is 77.4. The van der Waals surface area contributed by atoms with E-state index >= 15 is 0 Å². The van der Waals surface area contributed by atoms with Crippen molar-refractivity contribution in [1.82, 2.24) is 0 Å². The molecule has 2 aliphatic carbocycles. The summed E-state index contributed by atoms with van der Waals surface area (Å²) in [5.74, 6) is -7.42. The molecule has 2 saturated carbocycles. The summed E-state index contributed by atoms with van der Waals surface area (Å²) in [5, 5.41) is 19.6. The first-order valence-corrected chi connectivity index (χ1v) is 28.8. The molecule has 10 atom stereocenters. The SMILES string of the molecule is CCC(C)(C)C(=O)OC(C)(C)C1CCC(C)CC1.CCC(C)(C)C(=O)OC(C)C(F)(F)F.CCC(C)(C)C(=O)OC1C(=O)OC2C3OC(C)(C)OC3OC12.CCC(C)(C)C(=O)OC1CC(C(C)(O)C(F)(F)F)CC(C(O)(C(F)(F)F)C(F)(F)F)C1. The van der Waals surface area contributed by atoms with E-state index in [1.807, 2.05) is 27.7 Å². The monoisotopic (exact) mass is 1260 g/mol. The molecule has 15 nitrogen and oxygen atoms in total. The molecule has 3 heterocycles. The average Bonchev–Trinajstić information content (AvgIpc) is 1.77. The maximum absolute atomic E-state index is 13.3. The highest BCUT2D eigenvalue weighted by atomic mass is 19.4. The largest absolute Gasteiger partial charge is 0.462 e. The molecule has 3 aliphatic heterocycles. The van der Waals surface area contributed by atoms with Crippen LogP contribution in [0.1, 0.15) is 202 Å². The van der Waals surface area contributed by atoms with Crippen molar-refractivity contribution in [2.24, 2.45) is 45.3 Å². The van der Waals surface area contributed by atoms with E-state index in [-0.39, 0.29) is 30.3 Å². The van der Waals surface area contributed by atoms with Crippen LogP contribution in [0.4, 0.5) is 52.7 Å². The lowest BCUT2D eigenvalue weighted by atomic mass is 9.66. The zero-order valence-electron chi connectivity index (χ0n) is 52.4. The van der Waals surface area contributed by atoms with Crippen molar-refractivity contribution in [3.8, 4) is 0 Å². The molecule has 27 heteroatoms. The molecule has 0 radical (unpaired) electrons. The number of carbonyl (C=O) groups excluding carboxylic acids is 5. The Balaban J connectivity index is 0.000000403. The summed E-state index contributed by atoms with van der Waals surface area (Å²) >= 11 is 0. The number of carbonyl (C=O) groups is 5. The Morgan fingerprint density at radius 1 is 0.565 bits per heavy atom. The van der Waals surface area contributed by atoms with Gasteiger partial charge in [-0.3, -0.25) is 19.2 Å². The molecule has 85 heavy (non-hydrogen) atoms. The maximum atomic E-state index is 13.3. The minimum atomic E-state index is -6.28. The second-order valence-electron chi connectivity index (χ2n) is 26.8. The minimum absolute atomic E-state index is 0.0476. The number of rotatable bonds is 15. The highest BCUT2D eigenvalue weighted by Gasteiger charge is 2.75. The molecule has 0 aromatic rings. The molecule has 5 fully saturated rings. The van der Waals surface area contributed by atoms with Crippen LogP contribution in [0.5, 0.6) is 0 Å². The van der Waals surface area contributed by atoms with Gasteiger partial charge in [0.15, 0.2) is 36.0 Å². The quantitative estimate of drug-likeness (QED) is 0.0891. The van der Waals surface area contributed by atoms with Gasteiger partial charge in [0.1, 0.15) is 17.8 Å². The fraction of sp³-hybridized carbons (Fsp3) is 0.914. The van der Waals surface area contributed by atoms with Crippen molar-refractivity contribution in [1.29, 1.82) is 0 Å². The minimum Gasteiger partial charge on any atom is -0.462 e. The predicted octanol–water partition coefficient (Wildman–Crippen LogP) is 13.5. The summed E-state index contributed by atoms with van der Waals surface area (Å²) in [7, 11) is 0. The number of fused-ring (bicyclic) bond motifs is 3. The van der Waals surface area contributed by atoms with Gasteiger partial charge in [0, 0.05) is 11.8 Å². The van der Waals surface area contributed by atoms with Gasteiger partial charge in [0.25, 0.3) is 5.60 Å². The van der Waals surface area contributed by atoms with Crippen molar-refractivity contribution < 1.29 is 125 Å². The van der Waals surface area contributed by atoms with Gasteiger partial charge in [-0.1, -0.05) is 47.5 Å². The van der Waals surface area contributed by atoms with Crippen LogP contribution in [0.3, 0.4) is 0 Å². The molecule has 2 N–H and O–H groups in total. The van der Waals surface area contributed by atoms with Gasteiger partial charge in [-0.2, -0.15) is 52.7 Å². The van der Waals surface area contributed by atoms with E-state index < -0.39 is 156 Å². The Morgan fingerprint density at radius 2 is 0.988 bits per heavy atom. The van der Waals surface area contributed by atoms with Crippen LogP contribution < -0.4 is 0 Å². The molecule has 0 bridgehead atoms. The third-order valence-corrected chi connectivity index (χ3v) is 17.7. The van der Waals surface area contributed by atoms with Crippen LogP contribution in [-0.4, -0.2) is 130 Å². The lowest BCUT2D eigenvalue weighted by molar-refractivity contribution is -0.391. The second kappa shape index (κ2) is 27.6. The summed E-state index contributed by atoms with van der Waals surface area (Å²) in [6.45, 7) is 31.6. The van der Waals surface area contributed by atoms with E-state index in [2.05, 4.69) is 25.5 Å². The standard InChI is InChI=1S/C18H25F9O4.C16H30O2.C15H22O7.C9H15F3O2/c1-5-13(2,3)12(28)31-11-7-9(14(4,29)16(19,20)21)6-10(8-11)15(30,17(22,23)24)18(25,26)27;1-7-15(3,4)14(17)18-16(5,6)13-10-8-12(2)9-11-13;1-6-14(2,3)13(17)20-9-7-8(18-11(9)16)10-12(19-7)22-15(4,5)21-10;1-5-8(3,4)7(13)14-6(2)9(10,11)12/h9-11,29-30H,5-8H2,1-4H3;12-13H,7-11H2,1-6H3;7-10,12H,6H2,1-5H3;6H,5H2,1-4H3. The number of aliphatic hydroxyl groups is 2. The summed E-state index contributed by atoms with van der Waals surface area (Å²) in [6, 6.07) is 0. The fourth-order valence-corrected chi connectivity index (χ4v) is 9.32. The highest BCUT2D eigenvalue weighted by molar-refractivity contribution is 5.84. The number of alkyl halides is 12. The van der Waals surface area contributed by atoms with Gasteiger partial charge < -0.3 is 48.1 Å². The fourth-order valence-electron chi connectivity index (χ4n) is 9.32. The Kier molecular flexibility index (Phi) is 25.1. The average molecular weight is 1260 g/mol. The van der Waals surface area contributed by atoms with Crippen molar-refractivity contribution >= 4 is 29.8 Å². The first-order valence-electron chi connectivity index (χ1n) is 28.8. The predicted molar refractivity (Wildman–Crippen MR) is 282 cm³/mol. The molecule has 0 spiro atoms. The Morgan fingerprint density at radius 3 is 1.41 bits per heavy atom. The third kappa shape index (κ3) is 19.2. The Labute approximate surface area is 491 Å². The molecule has 498 valence electrons. The van der Waals surface area contributed by atoms with Crippen molar-refractivity contribution in [3.05, 3.63) is 0 Å². The summed E-state index contributed by atoms with van der Waals surface area (Å²) in [6.07, 6.45) is -26.3. The summed E-state index contributed by atoms with van der Waals surface area (Å²) in [5.41, 5.74) is -12.5. The molecule has 0 aromatic carbocycles. The van der Waals surface area contributed by atoms with E-state index in [0.717, 1.165) is 19.3 Å². The first-order chi connectivity index (χ1) is 38.0. The van der Waals surface area contributed by atoms with E-state index in [9.17, 15) is 86.9 Å². The number of ether oxygens (including phenoxy) is 8. The van der Waals surface area contributed by atoms with Gasteiger partial charge in [-0.05, 0) is 167 Å². The molecule has 0 amide bonds. The van der Waals surface area contributed by atoms with Crippen LogP contribution in [0.25, 0.3) is 0 Å². The second-order valence-corrected chi connectivity index (χ2v) is 26.8. The van der Waals surface area contributed by atoms with Gasteiger partial charge in [0.05, 0.1) is 21.7 Å². The van der Waals surface area contributed by atoms with E-state index in [0.29, 0.717) is 18.8 Å². The summed E-state index contributed by atoms with van der Waals surface area (Å²) in [4.78, 5) is 59.9. The molecule has 3 saturated heterocycles. The van der Waals surface area contributed by atoms with Gasteiger partial charge >= 0.3 is 54.6 Å². The van der Waals surface area contributed by atoms with Crippen LogP contribution >= 0.6 is 0 Å². The van der Waals surface area contributed by atoms with Gasteiger partial charge in [-0.25, -0.2) is 4.79 Å². The lowest BCUT2D eigenvalue weighted by Gasteiger charge is -2.47. The number of hydrogen-bond acceptors (Lipinski definition) is 15. The van der Waals surface area contributed by atoms with E-state index in [1.165, 1.54) is 39.5 Å². The number of halogens is 12. The van der Waals surface area contributed by atoms with Crippen molar-refractivity contribution in [2.75, 3.05) is 0 Å². The molecule has 10 unspecified atom stereocenters. The molecule has 5 rings (SSSR count). The third-order valence-electron chi connectivity index (χ3n) is 17.7. The van der Waals surface area contributed by atoms with E-state index in [1.54, 1.807) is 55.4 Å². The van der Waals surface area contributed by atoms with Crippen molar-refractivity contribution in [3.63, 3.8) is 0 Å². The summed E-state index contributed by atoms with van der Waals surface area (Å²) < 4.78 is 199. The number of esters is 5. The zero-order chi connectivity index (χ0) is 66.7. The highest BCUT2D eigenvalue weighted by Crippen LogP contribution is 2.55. The van der Waals surface area contributed by atoms with E-state index in [4.69, 9.17) is 33.2 Å². The van der Waals surface area contributed by atoms with Crippen LogP contribution in [0, 0.1) is 45.3 Å². The normalized spacial score (nSPS) is 27.8. The maximum Gasteiger partial charge on any atom is 0.426 e. The number of hydrogen-bond donors (Lipinski definition) is 2. The van der Waals surface area contributed by atoms with Crippen LogP contribution in [0.2, 0.25) is 0 Å². The molecular formula is C58H92F12O15. The smallest absolute Gasteiger partial charge is 0.426 e. The zero-order valence-corrected chi connectivity index (χ0v) is 52.4. The molecule has 5 aliphatic rings. The van der Waals surface area contributed by atoms with Crippen LogP contribution in [0.15, 0.2) is 0 Å². The molecular weight excluding hydrogens is 1160 g/mol. The van der Waals surface area contributed by atoms with Gasteiger partial charge in [-0.15, -0.1) is 0 Å².